The van der Waals surface area contributed by atoms with Crippen LogP contribution in [0.3, 0.4) is 0 Å². The molecule has 0 amide bonds. The first-order valence-electron chi connectivity index (χ1n) is 8.95. The predicted octanol–water partition coefficient (Wildman–Crippen LogP) is 4.48. The molecule has 4 rings (SSSR count). The average molecular weight is 409 g/mol. The first-order valence-corrected chi connectivity index (χ1v) is 8.95. The normalized spacial score (nSPS) is 11.7. The van der Waals surface area contributed by atoms with Gasteiger partial charge in [0.2, 0.25) is 0 Å². The molecule has 30 heavy (non-hydrogen) atoms. The van der Waals surface area contributed by atoms with E-state index in [4.69, 9.17) is 4.74 Å². The zero-order valence-electron chi connectivity index (χ0n) is 16.3. The van der Waals surface area contributed by atoms with Crippen molar-refractivity contribution in [3.05, 3.63) is 58.8 Å². The molecule has 4 heterocycles. The van der Waals surface area contributed by atoms with Gasteiger partial charge in [0.15, 0.2) is 5.65 Å². The largest absolute Gasteiger partial charge is 0.443 e. The lowest BCUT2D eigenvalue weighted by atomic mass is 10.1. The van der Waals surface area contributed by atoms with Crippen LogP contribution in [0, 0.1) is 16.1 Å². The summed E-state index contributed by atoms with van der Waals surface area (Å²) in [6.07, 6.45) is 2.51. The van der Waals surface area contributed by atoms with Gasteiger partial charge in [0.1, 0.15) is 5.60 Å². The molecule has 0 spiro atoms. The average Bonchev–Trinajstić information content (AvgIpc) is 3.00. The van der Waals surface area contributed by atoms with Crippen LogP contribution in [0.5, 0.6) is 0 Å². The molecule has 152 valence electrons. The summed E-state index contributed by atoms with van der Waals surface area (Å²) in [5, 5.41) is 12.1. The van der Waals surface area contributed by atoms with Gasteiger partial charge in [-0.25, -0.2) is 14.3 Å². The lowest BCUT2D eigenvalue weighted by molar-refractivity contribution is -0.389. The van der Waals surface area contributed by atoms with Crippen LogP contribution in [0.4, 0.5) is 15.0 Å². The second-order valence-corrected chi connectivity index (χ2v) is 7.54. The summed E-state index contributed by atoms with van der Waals surface area (Å²) in [5.41, 5.74) is 0.201. The van der Waals surface area contributed by atoms with Gasteiger partial charge in [-0.05, 0) is 54.9 Å². The van der Waals surface area contributed by atoms with Gasteiger partial charge in [0, 0.05) is 29.2 Å². The molecule has 4 aromatic heterocycles. The first-order chi connectivity index (χ1) is 14.2. The van der Waals surface area contributed by atoms with E-state index in [9.17, 15) is 19.3 Å². The van der Waals surface area contributed by atoms with E-state index in [1.807, 2.05) is 0 Å². The molecule has 0 aliphatic rings. The van der Waals surface area contributed by atoms with Crippen LogP contribution >= 0.6 is 0 Å². The SMILES string of the molecule is CC(C)(C)OC(=O)n1c2ccncc2c2ccc(-c3ccc([N+](=O)[O-])nc3[19F])nc21. The zero-order valence-corrected chi connectivity index (χ0v) is 16.3. The van der Waals surface area contributed by atoms with Gasteiger partial charge in [0.05, 0.1) is 16.8 Å². The van der Waals surface area contributed by atoms with Crippen molar-refractivity contribution in [1.82, 2.24) is 19.5 Å². The molecule has 0 atom stereocenters. The van der Waals surface area contributed by atoms with Gasteiger partial charge < -0.3 is 14.9 Å². The van der Waals surface area contributed by atoms with Crippen molar-refractivity contribution >= 4 is 33.8 Å². The van der Waals surface area contributed by atoms with Crippen molar-refractivity contribution in [3.63, 3.8) is 0 Å². The van der Waals surface area contributed by atoms with Gasteiger partial charge in [-0.15, -0.1) is 0 Å². The number of nitro groups is 1. The number of pyridine rings is 3. The summed E-state index contributed by atoms with van der Waals surface area (Å²) >= 11 is 0. The number of carbonyl (C=O) groups excluding carboxylic acids is 1. The number of hydrogen-bond donors (Lipinski definition) is 0. The van der Waals surface area contributed by atoms with E-state index >= 15 is 0 Å². The van der Waals surface area contributed by atoms with Gasteiger partial charge in [-0.2, -0.15) is 4.39 Å². The fraction of sp³-hybridized carbons (Fsp3) is 0.200. The van der Waals surface area contributed by atoms with Crippen LogP contribution in [-0.2, 0) is 4.74 Å². The minimum atomic E-state index is -1.03. The number of nitrogens with zero attached hydrogens (tertiary/aromatic N) is 5. The number of ether oxygens (including phenoxy) is 1. The maximum atomic E-state index is 14.4. The third-order valence-corrected chi connectivity index (χ3v) is 4.29. The topological polar surface area (TPSA) is 113 Å². The van der Waals surface area contributed by atoms with Gasteiger partial charge in [-0.1, -0.05) is 0 Å². The number of aromatic nitrogens is 4. The summed E-state index contributed by atoms with van der Waals surface area (Å²) in [4.78, 5) is 34.9. The minimum Gasteiger partial charge on any atom is -0.443 e. The summed E-state index contributed by atoms with van der Waals surface area (Å²) < 4.78 is 21.2. The highest BCUT2D eigenvalue weighted by molar-refractivity contribution is 6.11. The Balaban J connectivity index is 1.94. The molecule has 0 saturated carbocycles. The van der Waals surface area contributed by atoms with Crippen molar-refractivity contribution in [2.45, 2.75) is 26.4 Å². The van der Waals surface area contributed by atoms with E-state index in [0.717, 1.165) is 6.07 Å². The molecule has 0 aliphatic heterocycles. The summed E-state index contributed by atoms with van der Waals surface area (Å²) in [6, 6.07) is 7.23. The van der Waals surface area contributed by atoms with Gasteiger partial charge >= 0.3 is 17.9 Å². The highest BCUT2D eigenvalue weighted by Gasteiger charge is 2.24. The Morgan fingerprint density at radius 1 is 1.13 bits per heavy atom. The molecule has 0 N–H and O–H groups in total. The standard InChI is InChI=1S/C20H16FN5O4/c1-20(2,3)30-19(27)25-15-8-9-22-10-13(15)11-4-6-14(23-18(11)25)12-5-7-16(26(28)29)24-17(12)21/h4-10H,1-3H3/i21+0. The maximum Gasteiger partial charge on any atom is 0.420 e. The van der Waals surface area contributed by atoms with Crippen molar-refractivity contribution in [3.8, 4) is 11.3 Å². The molecule has 0 radical (unpaired) electrons. The number of hydrogen-bond acceptors (Lipinski definition) is 7. The molecule has 0 aliphatic carbocycles. The van der Waals surface area contributed by atoms with Crippen LogP contribution in [-0.4, -0.2) is 36.1 Å². The Morgan fingerprint density at radius 2 is 1.90 bits per heavy atom. The molecule has 0 aromatic carbocycles. The Labute approximate surface area is 169 Å². The van der Waals surface area contributed by atoms with E-state index in [0.29, 0.717) is 16.3 Å². The fourth-order valence-corrected chi connectivity index (χ4v) is 3.09. The summed E-state index contributed by atoms with van der Waals surface area (Å²) in [6.45, 7) is 5.24. The Morgan fingerprint density at radius 3 is 2.57 bits per heavy atom. The monoisotopic (exact) mass is 409 g/mol. The van der Waals surface area contributed by atoms with Crippen LogP contribution in [0.15, 0.2) is 42.7 Å². The molecule has 0 bridgehead atoms. The summed E-state index contributed by atoms with van der Waals surface area (Å²) in [5.74, 6) is -1.64. The maximum absolute atomic E-state index is 14.4. The molecule has 4 aromatic rings. The highest BCUT2D eigenvalue weighted by atomic mass is 19.1. The third kappa shape index (κ3) is 3.32. The van der Waals surface area contributed by atoms with Crippen LogP contribution in [0.2, 0.25) is 0 Å². The van der Waals surface area contributed by atoms with Crippen LogP contribution < -0.4 is 0 Å². The second kappa shape index (κ2) is 6.83. The quantitative estimate of drug-likeness (QED) is 0.272. The Bertz CT molecular complexity index is 1330. The second-order valence-electron chi connectivity index (χ2n) is 7.54. The van der Waals surface area contributed by atoms with Crippen molar-refractivity contribution in [2.24, 2.45) is 0 Å². The van der Waals surface area contributed by atoms with E-state index in [2.05, 4.69) is 15.0 Å². The number of halogens is 1. The van der Waals surface area contributed by atoms with E-state index in [-0.39, 0.29) is 16.9 Å². The van der Waals surface area contributed by atoms with E-state index in [1.165, 1.54) is 10.6 Å². The number of rotatable bonds is 2. The van der Waals surface area contributed by atoms with Crippen molar-refractivity contribution in [1.29, 1.82) is 0 Å². The highest BCUT2D eigenvalue weighted by Crippen LogP contribution is 2.31. The molecular weight excluding hydrogens is 393 g/mol. The van der Waals surface area contributed by atoms with E-state index in [1.54, 1.807) is 51.4 Å². The van der Waals surface area contributed by atoms with Crippen molar-refractivity contribution < 1.29 is 18.8 Å². The molecule has 0 fully saturated rings. The third-order valence-electron chi connectivity index (χ3n) is 4.29. The number of carbonyl (C=O) groups is 1. The Hall–Kier alpha value is -3.95. The molecule has 0 saturated heterocycles. The van der Waals surface area contributed by atoms with Gasteiger partial charge in [0.25, 0.3) is 0 Å². The lowest BCUT2D eigenvalue weighted by Crippen LogP contribution is -2.27. The number of fused-ring (bicyclic) bond motifs is 3. The molecular formula is C20H16FN5O4. The smallest absolute Gasteiger partial charge is 0.420 e. The predicted molar refractivity (Wildman–Crippen MR) is 107 cm³/mol. The van der Waals surface area contributed by atoms with Crippen LogP contribution in [0.25, 0.3) is 33.2 Å². The first kappa shape index (κ1) is 19.4. The zero-order chi connectivity index (χ0) is 21.6. The fourth-order valence-electron chi connectivity index (χ4n) is 3.09. The molecule has 10 heteroatoms. The molecule has 0 unspecified atom stereocenters. The van der Waals surface area contributed by atoms with E-state index < -0.39 is 28.4 Å². The van der Waals surface area contributed by atoms with Gasteiger partial charge in [-0.3, -0.25) is 4.98 Å². The van der Waals surface area contributed by atoms with Crippen LogP contribution in [0.1, 0.15) is 20.8 Å². The lowest BCUT2D eigenvalue weighted by Gasteiger charge is -2.20. The molecule has 9 nitrogen and oxygen atoms in total. The summed E-state index contributed by atoms with van der Waals surface area (Å²) in [7, 11) is 0. The van der Waals surface area contributed by atoms with Crippen molar-refractivity contribution in [2.75, 3.05) is 0 Å². The minimum absolute atomic E-state index is 0.0263. The Kier molecular flexibility index (Phi) is 4.41.